The average Bonchev–Trinajstić information content (AvgIpc) is 3.16. The first kappa shape index (κ1) is 20.2. The topological polar surface area (TPSA) is 87.9 Å². The fourth-order valence-corrected chi connectivity index (χ4v) is 4.55. The molecule has 4 rings (SSSR count). The molecule has 1 saturated carbocycles. The van der Waals surface area contributed by atoms with Gasteiger partial charge in [-0.05, 0) is 32.6 Å². The van der Waals surface area contributed by atoms with E-state index >= 15 is 0 Å². The van der Waals surface area contributed by atoms with Crippen molar-refractivity contribution >= 4 is 11.9 Å². The number of urea groups is 1. The number of aryl methyl sites for hydroxylation is 1. The van der Waals surface area contributed by atoms with Crippen molar-refractivity contribution in [1.82, 2.24) is 20.1 Å². The summed E-state index contributed by atoms with van der Waals surface area (Å²) >= 11 is 0. The van der Waals surface area contributed by atoms with Crippen LogP contribution in [0.5, 0.6) is 0 Å². The minimum absolute atomic E-state index is 0.0575. The van der Waals surface area contributed by atoms with E-state index in [1.165, 1.54) is 19.3 Å². The third-order valence-corrected chi connectivity index (χ3v) is 6.38. The summed E-state index contributed by atoms with van der Waals surface area (Å²) in [5, 5.41) is 3.20. The van der Waals surface area contributed by atoms with E-state index in [-0.39, 0.29) is 17.9 Å². The first-order valence-electron chi connectivity index (χ1n) is 11.0. The van der Waals surface area contributed by atoms with Gasteiger partial charge >= 0.3 is 6.03 Å². The maximum atomic E-state index is 12.7. The lowest BCUT2D eigenvalue weighted by Crippen LogP contribution is -2.48. The number of carbonyl (C=O) groups excluding carboxylic acids is 2. The monoisotopic (exact) mass is 404 g/mol. The fraction of sp³-hybridized carbons (Fsp3) is 0.762. The van der Waals surface area contributed by atoms with Gasteiger partial charge in [0.1, 0.15) is 5.76 Å². The maximum absolute atomic E-state index is 12.7. The number of piperidine rings is 1. The highest BCUT2D eigenvalue weighted by atomic mass is 16.5. The van der Waals surface area contributed by atoms with Gasteiger partial charge < -0.3 is 24.3 Å². The molecule has 8 heteroatoms. The van der Waals surface area contributed by atoms with Gasteiger partial charge in [0.25, 0.3) is 5.91 Å². The summed E-state index contributed by atoms with van der Waals surface area (Å²) in [5.74, 6) is 1.28. The van der Waals surface area contributed by atoms with Gasteiger partial charge in [0, 0.05) is 38.1 Å². The number of nitrogens with zero attached hydrogens (tertiary/aromatic N) is 3. The Labute approximate surface area is 172 Å². The number of morpholine rings is 1. The number of rotatable bonds is 3. The number of likely N-dealkylation sites (tertiary alicyclic amines) is 1. The van der Waals surface area contributed by atoms with Gasteiger partial charge in [-0.3, -0.25) is 4.79 Å². The minimum Gasteiger partial charge on any atom is -0.445 e. The van der Waals surface area contributed by atoms with Crippen molar-refractivity contribution < 1.29 is 18.7 Å². The molecule has 29 heavy (non-hydrogen) atoms. The van der Waals surface area contributed by atoms with Crippen molar-refractivity contribution in [3.05, 3.63) is 17.3 Å². The Hall–Kier alpha value is -2.09. The van der Waals surface area contributed by atoms with Crippen LogP contribution in [-0.4, -0.2) is 72.2 Å². The average molecular weight is 405 g/mol. The van der Waals surface area contributed by atoms with Gasteiger partial charge in [-0.15, -0.1) is 0 Å². The van der Waals surface area contributed by atoms with Crippen LogP contribution < -0.4 is 5.32 Å². The molecular weight excluding hydrogens is 372 g/mol. The van der Waals surface area contributed by atoms with Gasteiger partial charge in [-0.2, -0.15) is 0 Å². The molecule has 0 bridgehead atoms. The molecule has 3 fully saturated rings. The summed E-state index contributed by atoms with van der Waals surface area (Å²) in [6, 6.07) is 0.388. The molecule has 1 aromatic rings. The van der Waals surface area contributed by atoms with Crippen molar-refractivity contribution in [1.29, 1.82) is 0 Å². The molecular formula is C21H32N4O4. The smallest absolute Gasteiger partial charge is 0.317 e. The lowest BCUT2D eigenvalue weighted by Gasteiger charge is -2.33. The van der Waals surface area contributed by atoms with Crippen LogP contribution in [0, 0.1) is 6.92 Å². The molecule has 1 aromatic heterocycles. The number of ether oxygens (including phenoxy) is 1. The summed E-state index contributed by atoms with van der Waals surface area (Å²) in [7, 11) is 0. The zero-order chi connectivity index (χ0) is 20.2. The number of carbonyl (C=O) groups is 2. The summed E-state index contributed by atoms with van der Waals surface area (Å²) in [5.41, 5.74) is 0.416. The quantitative estimate of drug-likeness (QED) is 0.837. The third kappa shape index (κ3) is 4.74. The molecule has 2 saturated heterocycles. The Morgan fingerprint density at radius 3 is 2.34 bits per heavy atom. The predicted molar refractivity (Wildman–Crippen MR) is 107 cm³/mol. The van der Waals surface area contributed by atoms with Crippen LogP contribution >= 0.6 is 0 Å². The number of hydrogen-bond acceptors (Lipinski definition) is 5. The Kier molecular flexibility index (Phi) is 6.37. The van der Waals surface area contributed by atoms with E-state index in [0.717, 1.165) is 25.7 Å². The molecule has 3 amide bonds. The number of hydrogen-bond donors (Lipinski definition) is 1. The van der Waals surface area contributed by atoms with E-state index in [1.54, 1.807) is 11.8 Å². The molecule has 8 nitrogen and oxygen atoms in total. The SMILES string of the molecule is Cc1oc(C2CCN(C(=O)NC3CCCCC3)CC2)nc1C(=O)N1CCOCC1. The second kappa shape index (κ2) is 9.15. The Bertz CT molecular complexity index is 714. The van der Waals surface area contributed by atoms with Crippen molar-refractivity contribution in [2.75, 3.05) is 39.4 Å². The second-order valence-electron chi connectivity index (χ2n) is 8.41. The molecule has 1 N–H and O–H groups in total. The van der Waals surface area contributed by atoms with Crippen LogP contribution in [0.2, 0.25) is 0 Å². The minimum atomic E-state index is -0.0786. The van der Waals surface area contributed by atoms with Gasteiger partial charge in [-0.25, -0.2) is 9.78 Å². The third-order valence-electron chi connectivity index (χ3n) is 6.38. The highest BCUT2D eigenvalue weighted by molar-refractivity contribution is 5.93. The molecule has 3 aliphatic rings. The van der Waals surface area contributed by atoms with Crippen molar-refractivity contribution in [3.8, 4) is 0 Å². The van der Waals surface area contributed by atoms with Crippen LogP contribution in [-0.2, 0) is 4.74 Å². The number of nitrogens with one attached hydrogen (secondary N) is 1. The molecule has 0 spiro atoms. The molecule has 2 aliphatic heterocycles. The highest BCUT2D eigenvalue weighted by Crippen LogP contribution is 2.29. The highest BCUT2D eigenvalue weighted by Gasteiger charge is 2.31. The first-order valence-corrected chi connectivity index (χ1v) is 11.0. The Balaban J connectivity index is 1.31. The van der Waals surface area contributed by atoms with Crippen molar-refractivity contribution in [3.63, 3.8) is 0 Å². The van der Waals surface area contributed by atoms with Crippen LogP contribution in [0.25, 0.3) is 0 Å². The predicted octanol–water partition coefficient (Wildman–Crippen LogP) is 2.68. The van der Waals surface area contributed by atoms with Gasteiger partial charge in [0.05, 0.1) is 13.2 Å². The largest absolute Gasteiger partial charge is 0.445 e. The summed E-state index contributed by atoms with van der Waals surface area (Å²) < 4.78 is 11.2. The lowest BCUT2D eigenvalue weighted by atomic mass is 9.95. The van der Waals surface area contributed by atoms with Crippen molar-refractivity contribution in [2.24, 2.45) is 0 Å². The van der Waals surface area contributed by atoms with E-state index < -0.39 is 0 Å². The number of oxazole rings is 1. The van der Waals surface area contributed by atoms with Crippen LogP contribution in [0.15, 0.2) is 4.42 Å². The van der Waals surface area contributed by atoms with E-state index in [1.807, 2.05) is 4.90 Å². The summed E-state index contributed by atoms with van der Waals surface area (Å²) in [6.07, 6.45) is 7.51. The summed E-state index contributed by atoms with van der Waals surface area (Å²) in [4.78, 5) is 33.5. The summed E-state index contributed by atoms with van der Waals surface area (Å²) in [6.45, 7) is 5.50. The van der Waals surface area contributed by atoms with Crippen LogP contribution in [0.4, 0.5) is 4.79 Å². The molecule has 0 unspecified atom stereocenters. The normalized spacial score (nSPS) is 22.0. The Morgan fingerprint density at radius 1 is 0.966 bits per heavy atom. The van der Waals surface area contributed by atoms with E-state index in [0.29, 0.717) is 62.8 Å². The van der Waals surface area contributed by atoms with E-state index in [2.05, 4.69) is 10.3 Å². The number of amides is 3. The van der Waals surface area contributed by atoms with E-state index in [9.17, 15) is 9.59 Å². The maximum Gasteiger partial charge on any atom is 0.317 e. The van der Waals surface area contributed by atoms with Crippen LogP contribution in [0.1, 0.15) is 73.0 Å². The zero-order valence-corrected chi connectivity index (χ0v) is 17.3. The second-order valence-corrected chi connectivity index (χ2v) is 8.41. The van der Waals surface area contributed by atoms with Gasteiger partial charge in [-0.1, -0.05) is 19.3 Å². The number of aromatic nitrogens is 1. The molecule has 160 valence electrons. The standard InChI is InChI=1S/C21H32N4O4/c1-15-18(20(26)24-11-13-28-14-12-24)23-19(29-15)16-7-9-25(10-8-16)21(27)22-17-5-3-2-4-6-17/h16-17H,2-14H2,1H3,(H,22,27). The van der Waals surface area contributed by atoms with Gasteiger partial charge in [0.2, 0.25) is 0 Å². The van der Waals surface area contributed by atoms with Crippen molar-refractivity contribution in [2.45, 2.75) is 63.8 Å². The molecule has 1 aliphatic carbocycles. The lowest BCUT2D eigenvalue weighted by molar-refractivity contribution is 0.0298. The van der Waals surface area contributed by atoms with Crippen LogP contribution in [0.3, 0.4) is 0 Å². The van der Waals surface area contributed by atoms with Gasteiger partial charge in [0.15, 0.2) is 11.6 Å². The molecule has 0 radical (unpaired) electrons. The zero-order valence-electron chi connectivity index (χ0n) is 17.3. The molecule has 0 aromatic carbocycles. The fourth-order valence-electron chi connectivity index (χ4n) is 4.55. The molecule has 0 atom stereocenters. The molecule has 3 heterocycles. The Morgan fingerprint density at radius 2 is 1.66 bits per heavy atom. The van der Waals surface area contributed by atoms with E-state index in [4.69, 9.17) is 9.15 Å². The first-order chi connectivity index (χ1) is 14.1.